The van der Waals surface area contributed by atoms with Crippen LogP contribution >= 0.6 is 11.6 Å². The van der Waals surface area contributed by atoms with E-state index in [9.17, 15) is 13.2 Å². The number of alkyl halides is 3. The van der Waals surface area contributed by atoms with Crippen molar-refractivity contribution in [2.45, 2.75) is 50.6 Å². The molecule has 1 N–H and O–H groups in total. The van der Waals surface area contributed by atoms with Crippen molar-refractivity contribution in [2.24, 2.45) is 0 Å². The van der Waals surface area contributed by atoms with Crippen LogP contribution in [0.25, 0.3) is 0 Å². The van der Waals surface area contributed by atoms with Gasteiger partial charge in [0.25, 0.3) is 0 Å². The van der Waals surface area contributed by atoms with Gasteiger partial charge in [0, 0.05) is 17.6 Å². The number of ether oxygens (including phenoxy) is 1. The first-order valence-corrected chi connectivity index (χ1v) is 7.46. The van der Waals surface area contributed by atoms with Crippen molar-refractivity contribution in [3.8, 4) is 0 Å². The van der Waals surface area contributed by atoms with E-state index < -0.39 is 12.8 Å². The van der Waals surface area contributed by atoms with Gasteiger partial charge in [-0.25, -0.2) is 0 Å². The van der Waals surface area contributed by atoms with E-state index in [2.05, 4.69) is 5.32 Å². The van der Waals surface area contributed by atoms with Gasteiger partial charge in [0.05, 0.1) is 6.10 Å². The van der Waals surface area contributed by atoms with E-state index >= 15 is 0 Å². The standard InChI is InChI=1S/C15H19ClF3NO/c16-12-4-1-3-11(7-12)9-20-13-5-2-6-14(8-13)21-10-15(17,18)19/h1,3-4,7,13-14,20H,2,5-6,8-10H2. The fourth-order valence-corrected chi connectivity index (χ4v) is 2.82. The van der Waals surface area contributed by atoms with Gasteiger partial charge in [-0.15, -0.1) is 0 Å². The monoisotopic (exact) mass is 321 g/mol. The Hall–Kier alpha value is -0.780. The average molecular weight is 322 g/mol. The Kier molecular flexibility index (Phi) is 5.90. The molecule has 0 radical (unpaired) electrons. The summed E-state index contributed by atoms with van der Waals surface area (Å²) in [5.41, 5.74) is 1.07. The van der Waals surface area contributed by atoms with E-state index in [0.29, 0.717) is 24.4 Å². The lowest BCUT2D eigenvalue weighted by Gasteiger charge is -2.30. The van der Waals surface area contributed by atoms with Crippen molar-refractivity contribution in [1.82, 2.24) is 5.32 Å². The van der Waals surface area contributed by atoms with Gasteiger partial charge >= 0.3 is 6.18 Å². The first-order chi connectivity index (χ1) is 9.92. The van der Waals surface area contributed by atoms with Crippen molar-refractivity contribution >= 4 is 11.6 Å². The molecule has 1 aliphatic carbocycles. The van der Waals surface area contributed by atoms with Gasteiger partial charge in [-0.3, -0.25) is 0 Å². The van der Waals surface area contributed by atoms with Crippen LogP contribution in [-0.2, 0) is 11.3 Å². The number of rotatable bonds is 5. The molecule has 2 rings (SSSR count). The van der Waals surface area contributed by atoms with Crippen LogP contribution in [0, 0.1) is 0 Å². The summed E-state index contributed by atoms with van der Waals surface area (Å²) in [4.78, 5) is 0. The summed E-state index contributed by atoms with van der Waals surface area (Å²) < 4.78 is 41.4. The number of benzene rings is 1. The predicted molar refractivity (Wildman–Crippen MR) is 76.3 cm³/mol. The van der Waals surface area contributed by atoms with E-state index in [1.54, 1.807) is 0 Å². The Labute approximate surface area is 127 Å². The molecule has 1 aliphatic rings. The average Bonchev–Trinajstić information content (AvgIpc) is 2.43. The highest BCUT2D eigenvalue weighted by atomic mass is 35.5. The van der Waals surface area contributed by atoms with E-state index in [1.165, 1.54) is 0 Å². The van der Waals surface area contributed by atoms with E-state index in [1.807, 2.05) is 24.3 Å². The molecule has 0 spiro atoms. The molecule has 1 saturated carbocycles. The van der Waals surface area contributed by atoms with Gasteiger partial charge in [0.15, 0.2) is 0 Å². The van der Waals surface area contributed by atoms with Gasteiger partial charge in [-0.05, 0) is 43.4 Å². The zero-order chi connectivity index (χ0) is 15.3. The molecule has 0 saturated heterocycles. The Bertz CT molecular complexity index is 453. The molecule has 6 heteroatoms. The molecule has 0 amide bonds. The molecule has 2 atom stereocenters. The van der Waals surface area contributed by atoms with Gasteiger partial charge in [-0.2, -0.15) is 13.2 Å². The maximum absolute atomic E-state index is 12.2. The molecule has 0 bridgehead atoms. The normalized spacial score (nSPS) is 23.2. The van der Waals surface area contributed by atoms with Crippen molar-refractivity contribution < 1.29 is 17.9 Å². The molecule has 118 valence electrons. The molecule has 0 aromatic heterocycles. The van der Waals surface area contributed by atoms with Crippen molar-refractivity contribution in [3.05, 3.63) is 34.9 Å². The maximum atomic E-state index is 12.2. The van der Waals surface area contributed by atoms with Crippen molar-refractivity contribution in [1.29, 1.82) is 0 Å². The second-order valence-electron chi connectivity index (χ2n) is 5.42. The van der Waals surface area contributed by atoms with Gasteiger partial charge in [0.1, 0.15) is 6.61 Å². The van der Waals surface area contributed by atoms with Gasteiger partial charge in [0.2, 0.25) is 0 Å². The highest BCUT2D eigenvalue weighted by molar-refractivity contribution is 6.30. The number of hydrogen-bond donors (Lipinski definition) is 1. The third kappa shape index (κ3) is 6.24. The van der Waals surface area contributed by atoms with Crippen LogP contribution in [0.15, 0.2) is 24.3 Å². The summed E-state index contributed by atoms with van der Waals surface area (Å²) in [5.74, 6) is 0. The fourth-order valence-electron chi connectivity index (χ4n) is 2.60. The molecule has 0 heterocycles. The van der Waals surface area contributed by atoms with E-state index in [-0.39, 0.29) is 12.1 Å². The van der Waals surface area contributed by atoms with Gasteiger partial charge < -0.3 is 10.1 Å². The first kappa shape index (κ1) is 16.6. The zero-order valence-corrected chi connectivity index (χ0v) is 12.4. The van der Waals surface area contributed by atoms with Crippen molar-refractivity contribution in [3.63, 3.8) is 0 Å². The molecular weight excluding hydrogens is 303 g/mol. The maximum Gasteiger partial charge on any atom is 0.411 e. The quantitative estimate of drug-likeness (QED) is 0.872. The Morgan fingerprint density at radius 1 is 1.29 bits per heavy atom. The minimum absolute atomic E-state index is 0.191. The van der Waals surface area contributed by atoms with Gasteiger partial charge in [-0.1, -0.05) is 23.7 Å². The summed E-state index contributed by atoms with van der Waals surface area (Å²) in [6.45, 7) is -0.490. The van der Waals surface area contributed by atoms with E-state index in [4.69, 9.17) is 16.3 Å². The smallest absolute Gasteiger partial charge is 0.369 e. The lowest BCUT2D eigenvalue weighted by molar-refractivity contribution is -0.188. The van der Waals surface area contributed by atoms with Crippen LogP contribution < -0.4 is 5.32 Å². The molecule has 1 aromatic carbocycles. The SMILES string of the molecule is FC(F)(F)COC1CCCC(NCc2cccc(Cl)c2)C1. The molecule has 1 aromatic rings. The molecule has 0 aliphatic heterocycles. The van der Waals surface area contributed by atoms with Crippen LogP contribution in [0.1, 0.15) is 31.2 Å². The highest BCUT2D eigenvalue weighted by Crippen LogP contribution is 2.24. The predicted octanol–water partition coefficient (Wildman–Crippen LogP) is 4.32. The molecule has 2 unspecified atom stereocenters. The van der Waals surface area contributed by atoms with Crippen LogP contribution in [0.2, 0.25) is 5.02 Å². The van der Waals surface area contributed by atoms with Crippen LogP contribution in [-0.4, -0.2) is 24.9 Å². The summed E-state index contributed by atoms with van der Waals surface area (Å²) >= 11 is 5.92. The summed E-state index contributed by atoms with van der Waals surface area (Å²) in [5, 5.41) is 4.06. The highest BCUT2D eigenvalue weighted by Gasteiger charge is 2.31. The second-order valence-corrected chi connectivity index (χ2v) is 5.86. The Morgan fingerprint density at radius 2 is 2.10 bits per heavy atom. The molecule has 21 heavy (non-hydrogen) atoms. The summed E-state index contributed by atoms with van der Waals surface area (Å²) in [6.07, 6.45) is -1.39. The van der Waals surface area contributed by atoms with Crippen LogP contribution in [0.5, 0.6) is 0 Å². The first-order valence-electron chi connectivity index (χ1n) is 7.08. The lowest BCUT2D eigenvalue weighted by atomic mass is 9.92. The number of halogens is 4. The van der Waals surface area contributed by atoms with Crippen LogP contribution in [0.3, 0.4) is 0 Å². The topological polar surface area (TPSA) is 21.3 Å². The number of nitrogens with one attached hydrogen (secondary N) is 1. The summed E-state index contributed by atoms with van der Waals surface area (Å²) in [6, 6.07) is 7.74. The second kappa shape index (κ2) is 7.47. The van der Waals surface area contributed by atoms with Crippen LogP contribution in [0.4, 0.5) is 13.2 Å². The number of hydrogen-bond acceptors (Lipinski definition) is 2. The third-order valence-electron chi connectivity index (χ3n) is 3.59. The molecule has 1 fully saturated rings. The minimum atomic E-state index is -4.25. The Morgan fingerprint density at radius 3 is 2.81 bits per heavy atom. The fraction of sp³-hybridized carbons (Fsp3) is 0.600. The molecular formula is C15H19ClF3NO. The lowest BCUT2D eigenvalue weighted by Crippen LogP contribution is -2.37. The van der Waals surface area contributed by atoms with E-state index in [0.717, 1.165) is 18.4 Å². The zero-order valence-electron chi connectivity index (χ0n) is 11.6. The summed E-state index contributed by atoms with van der Waals surface area (Å²) in [7, 11) is 0. The minimum Gasteiger partial charge on any atom is -0.369 e. The third-order valence-corrected chi connectivity index (χ3v) is 3.83. The Balaban J connectivity index is 1.76. The largest absolute Gasteiger partial charge is 0.411 e. The van der Waals surface area contributed by atoms with Crippen molar-refractivity contribution in [2.75, 3.05) is 6.61 Å². The molecule has 2 nitrogen and oxygen atoms in total.